The highest BCUT2D eigenvalue weighted by molar-refractivity contribution is 5.75. The van der Waals surface area contributed by atoms with Gasteiger partial charge in [0.15, 0.2) is 0 Å². The molecule has 0 radical (unpaired) electrons. The topological polar surface area (TPSA) is 70.8 Å². The van der Waals surface area contributed by atoms with Gasteiger partial charge in [0, 0.05) is 13.7 Å². The number of hydrogen-bond donors (Lipinski definition) is 1. The summed E-state index contributed by atoms with van der Waals surface area (Å²) in [5.41, 5.74) is 8.38. The number of hydrogen-bond acceptors (Lipinski definition) is 5. The van der Waals surface area contributed by atoms with Gasteiger partial charge in [-0.05, 0) is 44.1 Å². The molecule has 4 atom stereocenters. The van der Waals surface area contributed by atoms with Gasteiger partial charge in [-0.1, -0.05) is 36.8 Å². The van der Waals surface area contributed by atoms with Crippen LogP contribution in [0.15, 0.2) is 24.3 Å². The first kappa shape index (κ1) is 19.9. The largest absolute Gasteiger partial charge is 0.459 e. The van der Waals surface area contributed by atoms with Crippen LogP contribution in [0.4, 0.5) is 0 Å². The number of carbonyl (C=O) groups is 1. The minimum absolute atomic E-state index is 0.0245. The quantitative estimate of drug-likeness (QED) is 0.730. The molecule has 0 bridgehead atoms. The van der Waals surface area contributed by atoms with Crippen molar-refractivity contribution in [3.05, 3.63) is 35.4 Å². The molecule has 0 saturated carbocycles. The Morgan fingerprint density at radius 2 is 2.00 bits per heavy atom. The van der Waals surface area contributed by atoms with Crippen LogP contribution in [0.25, 0.3) is 0 Å². The molecule has 2 rings (SSSR count). The lowest BCUT2D eigenvalue weighted by atomic mass is 10.0. The Balaban J connectivity index is 1.73. The van der Waals surface area contributed by atoms with Crippen LogP contribution in [0.2, 0.25) is 0 Å². The maximum atomic E-state index is 12.1. The second-order valence-corrected chi connectivity index (χ2v) is 7.11. The lowest BCUT2D eigenvalue weighted by molar-refractivity contribution is -0.159. The summed E-state index contributed by atoms with van der Waals surface area (Å²) in [4.78, 5) is 12.1. The Morgan fingerprint density at radius 1 is 1.28 bits per heavy atom. The molecule has 25 heavy (non-hydrogen) atoms. The van der Waals surface area contributed by atoms with Crippen molar-refractivity contribution in [2.75, 3.05) is 20.3 Å². The van der Waals surface area contributed by atoms with Crippen molar-refractivity contribution in [1.29, 1.82) is 0 Å². The van der Waals surface area contributed by atoms with E-state index in [9.17, 15) is 4.79 Å². The minimum Gasteiger partial charge on any atom is -0.459 e. The zero-order valence-electron chi connectivity index (χ0n) is 15.6. The fourth-order valence-electron chi connectivity index (χ4n) is 3.16. The number of carbonyl (C=O) groups excluding carboxylic acids is 1. The van der Waals surface area contributed by atoms with Crippen molar-refractivity contribution < 1.29 is 19.0 Å². The molecule has 5 nitrogen and oxygen atoms in total. The number of aryl methyl sites for hydroxylation is 1. The second-order valence-electron chi connectivity index (χ2n) is 7.11. The Kier molecular flexibility index (Phi) is 7.88. The Labute approximate surface area is 150 Å². The first-order valence-electron chi connectivity index (χ1n) is 9.12. The van der Waals surface area contributed by atoms with E-state index in [2.05, 4.69) is 38.1 Å². The summed E-state index contributed by atoms with van der Waals surface area (Å²) in [6, 6.07) is 7.74. The third-order valence-electron chi connectivity index (χ3n) is 4.67. The number of esters is 1. The zero-order valence-corrected chi connectivity index (χ0v) is 15.6. The first-order chi connectivity index (χ1) is 12.0. The van der Waals surface area contributed by atoms with Crippen LogP contribution in [0.3, 0.4) is 0 Å². The molecule has 140 valence electrons. The summed E-state index contributed by atoms with van der Waals surface area (Å²) in [6.45, 7) is 5.36. The van der Waals surface area contributed by atoms with Gasteiger partial charge < -0.3 is 19.9 Å². The zero-order chi connectivity index (χ0) is 18.2. The van der Waals surface area contributed by atoms with Gasteiger partial charge in [-0.15, -0.1) is 0 Å². The molecular formula is C20H31NO4. The minimum atomic E-state index is -0.590. The fourth-order valence-corrected chi connectivity index (χ4v) is 3.16. The van der Waals surface area contributed by atoms with Crippen molar-refractivity contribution in [1.82, 2.24) is 0 Å². The molecule has 1 aromatic rings. The van der Waals surface area contributed by atoms with Gasteiger partial charge >= 0.3 is 5.97 Å². The van der Waals surface area contributed by atoms with Gasteiger partial charge in [-0.25, -0.2) is 0 Å². The molecule has 2 N–H and O–H groups in total. The molecule has 1 saturated heterocycles. The van der Waals surface area contributed by atoms with Crippen LogP contribution in [-0.4, -0.2) is 38.4 Å². The fraction of sp³-hybridized carbons (Fsp3) is 0.650. The van der Waals surface area contributed by atoms with Gasteiger partial charge in [0.2, 0.25) is 0 Å². The molecule has 5 heteroatoms. The molecule has 1 aromatic carbocycles. The Bertz CT molecular complexity index is 531. The average Bonchev–Trinajstić information content (AvgIpc) is 2.59. The van der Waals surface area contributed by atoms with Gasteiger partial charge in [0.05, 0.1) is 12.7 Å². The average molecular weight is 349 g/mol. The van der Waals surface area contributed by atoms with Gasteiger partial charge in [0.1, 0.15) is 12.1 Å². The highest BCUT2D eigenvalue weighted by atomic mass is 16.6. The van der Waals surface area contributed by atoms with E-state index in [0.29, 0.717) is 18.9 Å². The highest BCUT2D eigenvalue weighted by Gasteiger charge is 2.25. The molecule has 0 spiro atoms. The van der Waals surface area contributed by atoms with E-state index in [0.717, 1.165) is 31.4 Å². The maximum absolute atomic E-state index is 12.1. The van der Waals surface area contributed by atoms with E-state index in [-0.39, 0.29) is 18.2 Å². The lowest BCUT2D eigenvalue weighted by Crippen LogP contribution is -2.39. The van der Waals surface area contributed by atoms with Crippen LogP contribution < -0.4 is 5.73 Å². The molecule has 1 fully saturated rings. The Hall–Kier alpha value is -1.43. The predicted octanol–water partition coefficient (Wildman–Crippen LogP) is 3.15. The van der Waals surface area contributed by atoms with E-state index in [1.165, 1.54) is 5.56 Å². The summed E-state index contributed by atoms with van der Waals surface area (Å²) in [5.74, 6) is 0.0896. The number of methoxy groups -OCH3 is 1. The monoisotopic (exact) mass is 349 g/mol. The second kappa shape index (κ2) is 9.90. The van der Waals surface area contributed by atoms with Crippen molar-refractivity contribution in [3.8, 4) is 0 Å². The smallest absolute Gasteiger partial charge is 0.323 e. The predicted molar refractivity (Wildman–Crippen MR) is 97.2 cm³/mol. The third kappa shape index (κ3) is 6.42. The maximum Gasteiger partial charge on any atom is 0.323 e. The van der Waals surface area contributed by atoms with Crippen LogP contribution >= 0.6 is 0 Å². The molecule has 1 heterocycles. The highest BCUT2D eigenvalue weighted by Crippen LogP contribution is 2.24. The molecule has 0 aliphatic carbocycles. The van der Waals surface area contributed by atoms with Crippen LogP contribution in [0.1, 0.15) is 49.8 Å². The van der Waals surface area contributed by atoms with E-state index in [1.54, 1.807) is 7.11 Å². The molecular weight excluding hydrogens is 318 g/mol. The third-order valence-corrected chi connectivity index (χ3v) is 4.67. The molecule has 0 unspecified atom stereocenters. The number of ether oxygens (including phenoxy) is 3. The van der Waals surface area contributed by atoms with E-state index in [4.69, 9.17) is 19.9 Å². The summed E-state index contributed by atoms with van der Waals surface area (Å²) in [7, 11) is 1.71. The van der Waals surface area contributed by atoms with Crippen molar-refractivity contribution in [3.63, 3.8) is 0 Å². The summed E-state index contributed by atoms with van der Waals surface area (Å²) >= 11 is 0. The number of nitrogens with two attached hydrogens (primary N) is 1. The van der Waals surface area contributed by atoms with Gasteiger partial charge in [0.25, 0.3) is 0 Å². The van der Waals surface area contributed by atoms with Gasteiger partial charge in [-0.3, -0.25) is 4.79 Å². The van der Waals surface area contributed by atoms with E-state index < -0.39 is 6.04 Å². The summed E-state index contributed by atoms with van der Waals surface area (Å²) in [6.07, 6.45) is 2.92. The lowest BCUT2D eigenvalue weighted by Gasteiger charge is -2.27. The molecule has 0 aromatic heterocycles. The van der Waals surface area contributed by atoms with Gasteiger partial charge in [-0.2, -0.15) is 0 Å². The van der Waals surface area contributed by atoms with E-state index >= 15 is 0 Å². The van der Waals surface area contributed by atoms with Crippen LogP contribution in [0.5, 0.6) is 0 Å². The Morgan fingerprint density at radius 3 is 2.64 bits per heavy atom. The standard InChI is InChI=1S/C20H31NO4/c1-14-7-9-16(10-8-14)19(23-3)6-4-5-18(21)20(22)25-17-11-15(2)12-24-13-17/h7-10,15,17-19H,4-6,11-13,21H2,1-3H3/t15-,17+,18-,19-/m0/s1. The van der Waals surface area contributed by atoms with E-state index in [1.807, 2.05) is 0 Å². The van der Waals surface area contributed by atoms with Crippen LogP contribution in [-0.2, 0) is 19.0 Å². The van der Waals surface area contributed by atoms with Crippen molar-refractivity contribution >= 4 is 5.97 Å². The summed E-state index contributed by atoms with van der Waals surface area (Å²) < 4.78 is 16.5. The first-order valence-corrected chi connectivity index (χ1v) is 9.12. The number of benzene rings is 1. The van der Waals surface area contributed by atoms with Crippen LogP contribution in [0, 0.1) is 12.8 Å². The summed E-state index contributed by atoms with van der Waals surface area (Å²) in [5, 5.41) is 0. The number of rotatable bonds is 8. The SMILES string of the molecule is CO[C@@H](CCC[C@H](N)C(=O)O[C@H]1COC[C@@H](C)C1)c1ccc(C)cc1. The molecule has 0 amide bonds. The normalized spacial score (nSPS) is 23.0. The van der Waals surface area contributed by atoms with Crippen molar-refractivity contribution in [2.45, 2.75) is 57.8 Å². The molecule has 1 aliphatic rings. The van der Waals surface area contributed by atoms with Crippen molar-refractivity contribution in [2.24, 2.45) is 11.7 Å². The molecule has 1 aliphatic heterocycles.